The molecule has 5 fully saturated rings. The number of esters is 3. The summed E-state index contributed by atoms with van der Waals surface area (Å²) < 4.78 is 48.8. The number of carbonyl (C=O) groups excluding carboxylic acids is 9. The Balaban J connectivity index is -0.000000140. The van der Waals surface area contributed by atoms with E-state index in [-0.39, 0.29) is 163 Å². The summed E-state index contributed by atoms with van der Waals surface area (Å²) in [7, 11) is -4.02. The molecule has 4 saturated carbocycles. The van der Waals surface area contributed by atoms with E-state index in [4.69, 9.17) is 28.4 Å². The summed E-state index contributed by atoms with van der Waals surface area (Å²) in [6.07, 6.45) is 16.8. The van der Waals surface area contributed by atoms with E-state index in [0.29, 0.717) is 64.1 Å². The van der Waals surface area contributed by atoms with E-state index in [2.05, 4.69) is 27.6 Å². The van der Waals surface area contributed by atoms with Crippen LogP contribution in [0.2, 0.25) is 0 Å². The molecule has 1 spiro atoms. The molecule has 2 atom stereocenters. The molecule has 1 N–H and O–H groups in total. The van der Waals surface area contributed by atoms with Crippen LogP contribution in [-0.2, 0) is 72.2 Å². The van der Waals surface area contributed by atoms with E-state index >= 15 is 0 Å². The number of Topliss-reactive ketones (excluding diaryl/α,β-unsaturated/α-hetero) is 4. The standard InChI is InChI=1S/C13H22O3.C9H12O2.C8H12O3.C7H8O3S.C6H11BrO2.C4H8O.CO2.ClH.K.H2S.U.H2.H/c1-3-13(9-5-7-11(13)14)10-6-8-12(15)16-4-2;10-7-3-1-5-9(7)6-2-4-8(9)11;1-2-11-8(10)6-4-3-5-7(6)9;1-6-2-4-7(5-3-6)11(8,9)10;1-2-9-6(8)4-3-5-7;1-2-4-5-3-1;2-1-3;;;;;;/h3-10H2,1-2H3;1-6H2;6H,2-5H2,1H3;2-5H,1H3,(H,8,9,10);2-5H2,1H3;1-4H2;;1H;;1H2;;1H;/q;;;;;;;;+1;;;;-1/i;;;;;;;;;;;1+2;. The van der Waals surface area contributed by atoms with Crippen molar-refractivity contribution in [3.8, 4) is 0 Å². The van der Waals surface area contributed by atoms with E-state index in [9.17, 15) is 42.0 Å². The molecule has 70 heavy (non-hydrogen) atoms. The Morgan fingerprint density at radius 1 is 0.771 bits per heavy atom. The predicted molar refractivity (Wildman–Crippen MR) is 268 cm³/mol. The monoisotopic (exact) mass is 1370 g/mol. The Morgan fingerprint density at radius 2 is 1.23 bits per heavy atom. The molecule has 1 saturated heterocycles. The number of ether oxygens (including phenoxy) is 4. The van der Waals surface area contributed by atoms with E-state index in [1.54, 1.807) is 19.1 Å². The number of rotatable bonds is 13. The average molecular weight is 1370 g/mol. The van der Waals surface area contributed by atoms with Gasteiger partial charge in [-0.25, -0.2) is 0 Å². The molecular weight excluding hydrogens is 1290 g/mol. The van der Waals surface area contributed by atoms with Crippen molar-refractivity contribution >= 4 is 99.1 Å². The molecule has 4 aliphatic carbocycles. The van der Waals surface area contributed by atoms with Crippen LogP contribution >= 0.6 is 41.8 Å². The van der Waals surface area contributed by atoms with Crippen LogP contribution in [0, 0.1) is 54.8 Å². The van der Waals surface area contributed by atoms with Crippen molar-refractivity contribution in [2.75, 3.05) is 38.4 Å². The second kappa shape index (κ2) is 45.7. The number of carbonyl (C=O) groups is 7. The first-order valence-corrected chi connectivity index (χ1v) is 25.7. The third-order valence-electron chi connectivity index (χ3n) is 11.6. The Labute approximate surface area is 506 Å². The van der Waals surface area contributed by atoms with Crippen molar-refractivity contribution < 1.29 is 160 Å². The van der Waals surface area contributed by atoms with Gasteiger partial charge in [0.2, 0.25) is 0 Å². The van der Waals surface area contributed by atoms with Gasteiger partial charge >= 0.3 is 75.4 Å². The van der Waals surface area contributed by atoms with E-state index in [1.165, 1.54) is 25.0 Å². The molecule has 1 aromatic carbocycles. The maximum Gasteiger partial charge on any atom is 1.00 e. The molecule has 22 heteroatoms. The summed E-state index contributed by atoms with van der Waals surface area (Å²) in [5.41, 5.74) is 0.365. The summed E-state index contributed by atoms with van der Waals surface area (Å²) in [6, 6.07) is 5.99. The van der Waals surface area contributed by atoms with Gasteiger partial charge in [-0.2, -0.15) is 31.5 Å². The first-order valence-electron chi connectivity index (χ1n) is 23.2. The van der Waals surface area contributed by atoms with Crippen LogP contribution < -0.4 is 51.4 Å². The molecule has 0 bridgehead atoms. The maximum absolute atomic E-state index is 11.8. The van der Waals surface area contributed by atoms with Crippen molar-refractivity contribution in [2.45, 2.75) is 168 Å². The van der Waals surface area contributed by atoms with Gasteiger partial charge in [0, 0.05) is 95.0 Å². The zero-order chi connectivity index (χ0) is 50.0. The second-order valence-electron chi connectivity index (χ2n) is 16.2. The minimum Gasteiger partial charge on any atom is -1.00 e. The van der Waals surface area contributed by atoms with Crippen molar-refractivity contribution in [1.82, 2.24) is 0 Å². The zero-order valence-corrected chi connectivity index (χ0v) is 53.5. The molecule has 0 radical (unpaired) electrons. The van der Waals surface area contributed by atoms with Gasteiger partial charge in [0.25, 0.3) is 10.1 Å². The fourth-order valence-electron chi connectivity index (χ4n) is 8.00. The summed E-state index contributed by atoms with van der Waals surface area (Å²) in [4.78, 5) is 94.5. The van der Waals surface area contributed by atoms with Gasteiger partial charge in [-0.1, -0.05) is 40.5 Å². The van der Waals surface area contributed by atoms with Crippen LogP contribution in [0.15, 0.2) is 29.2 Å². The Kier molecular flexibility index (Phi) is 51.1. The molecule has 1 aliphatic heterocycles. The van der Waals surface area contributed by atoms with Crippen LogP contribution in [-0.4, -0.2) is 98.5 Å². The molecule has 6 rings (SSSR count). The Bertz CT molecular complexity index is 1790. The molecular formula is C48H79BrClKO16S2U. The number of hydrogen-bond acceptors (Lipinski definition) is 15. The quantitative estimate of drug-likeness (QED) is 0.0565. The van der Waals surface area contributed by atoms with Gasteiger partial charge in [-0.3, -0.25) is 38.1 Å². The number of ketones is 4. The van der Waals surface area contributed by atoms with E-state index in [1.807, 2.05) is 20.8 Å². The van der Waals surface area contributed by atoms with Crippen LogP contribution in [0.5, 0.6) is 0 Å². The fraction of sp³-hybridized carbons (Fsp3) is 0.708. The minimum absolute atomic E-state index is 0. The van der Waals surface area contributed by atoms with Crippen molar-refractivity contribution in [3.63, 3.8) is 0 Å². The third kappa shape index (κ3) is 32.0. The molecule has 1 aromatic rings. The first-order chi connectivity index (χ1) is 31.4. The van der Waals surface area contributed by atoms with E-state index in [0.717, 1.165) is 101 Å². The van der Waals surface area contributed by atoms with Crippen molar-refractivity contribution in [3.05, 3.63) is 29.8 Å². The zero-order valence-electron chi connectivity index (χ0n) is 43.0. The number of halogens is 2. The van der Waals surface area contributed by atoms with Crippen LogP contribution in [0.25, 0.3) is 0 Å². The second-order valence-corrected chi connectivity index (χ2v) is 18.4. The minimum atomic E-state index is -4.02. The summed E-state index contributed by atoms with van der Waals surface area (Å²) in [5.74, 6) is -0.136. The smallest absolute Gasteiger partial charge is 1.00 e. The van der Waals surface area contributed by atoms with Crippen molar-refractivity contribution in [2.24, 2.45) is 16.7 Å². The molecule has 16 nitrogen and oxygen atoms in total. The van der Waals surface area contributed by atoms with Gasteiger partial charge in [-0.15, -0.1) is 12.4 Å². The molecule has 5 aliphatic rings. The number of benzene rings is 1. The van der Waals surface area contributed by atoms with Crippen LogP contribution in [0.1, 0.15) is 165 Å². The normalized spacial score (nSPS) is 18.7. The predicted octanol–water partition coefficient (Wildman–Crippen LogP) is 6.34. The average Bonchev–Trinajstić information content (AvgIpc) is 4.15. The number of aryl methyl sites for hydroxylation is 1. The summed E-state index contributed by atoms with van der Waals surface area (Å²) in [6.45, 7) is 12.6. The molecule has 0 aromatic heterocycles. The molecule has 1 heterocycles. The van der Waals surface area contributed by atoms with Gasteiger partial charge < -0.3 is 20.4 Å². The topological polar surface area (TPSA) is 245 Å². The van der Waals surface area contributed by atoms with Crippen LogP contribution in [0.3, 0.4) is 0 Å². The maximum atomic E-state index is 11.8. The largest absolute Gasteiger partial charge is 1.00 e. The molecule has 2 unspecified atom stereocenters. The van der Waals surface area contributed by atoms with Gasteiger partial charge in [0.1, 0.15) is 29.1 Å². The van der Waals surface area contributed by atoms with Crippen molar-refractivity contribution in [1.29, 1.82) is 0 Å². The molecule has 398 valence electrons. The first kappa shape index (κ1) is 78.3. The number of alkyl halides is 1. The summed E-state index contributed by atoms with van der Waals surface area (Å²) in [5, 5.41) is 0.867. The fourth-order valence-corrected chi connectivity index (χ4v) is 8.76. The number of hydrogen-bond donors (Lipinski definition) is 1. The third-order valence-corrected chi connectivity index (χ3v) is 13.0. The van der Waals surface area contributed by atoms with Gasteiger partial charge in [0.05, 0.1) is 30.1 Å². The SMILES string of the molecule is C1CCOC1.CCOC(=O)C1CCCC1=O.CCOC(=O)CCCBr.CCOC(=O)CCCC1(CC)CCCC1=O.Cc1ccc(S(=O)(=O)O)cc1.Cl.O=C1CCCC12CCCC2=O.O=C=O.S.[3HH].[H-].[K+].[U]. The van der Waals surface area contributed by atoms with Gasteiger partial charge in [0.15, 0.2) is 0 Å². The molecule has 0 amide bonds. The summed E-state index contributed by atoms with van der Waals surface area (Å²) >= 11 is 3.22. The van der Waals surface area contributed by atoms with Crippen LogP contribution in [0.4, 0.5) is 0 Å². The Hall–Kier alpha value is -0.632. The van der Waals surface area contributed by atoms with E-state index < -0.39 is 21.5 Å². The van der Waals surface area contributed by atoms with Gasteiger partial charge in [-0.05, 0) is 130 Å². The Morgan fingerprint density at radius 3 is 1.56 bits per heavy atom.